The molecule has 6 heteroatoms. The van der Waals surface area contributed by atoms with E-state index in [9.17, 15) is 18.4 Å². The lowest BCUT2D eigenvalue weighted by atomic mass is 10.1. The summed E-state index contributed by atoms with van der Waals surface area (Å²) in [4.78, 5) is 28.0. The Hall–Kier alpha value is -2.76. The predicted molar refractivity (Wildman–Crippen MR) is 90.4 cm³/mol. The first-order valence-electron chi connectivity index (χ1n) is 8.02. The van der Waals surface area contributed by atoms with Gasteiger partial charge in [-0.3, -0.25) is 9.59 Å². The van der Waals surface area contributed by atoms with E-state index in [0.29, 0.717) is 0 Å². The van der Waals surface area contributed by atoms with Crippen LogP contribution in [0.15, 0.2) is 42.5 Å². The third kappa shape index (κ3) is 3.24. The molecule has 0 N–H and O–H groups in total. The molecule has 0 saturated carbocycles. The molecule has 0 spiro atoms. The van der Waals surface area contributed by atoms with E-state index in [1.54, 1.807) is 19.1 Å². The summed E-state index contributed by atoms with van der Waals surface area (Å²) in [7, 11) is 0. The van der Waals surface area contributed by atoms with E-state index in [2.05, 4.69) is 0 Å². The quantitative estimate of drug-likeness (QED) is 0.840. The van der Waals surface area contributed by atoms with Gasteiger partial charge in [0.05, 0.1) is 5.69 Å². The number of anilines is 1. The van der Waals surface area contributed by atoms with Gasteiger partial charge in [-0.15, -0.1) is 0 Å². The number of halogens is 2. The number of rotatable bonds is 2. The van der Waals surface area contributed by atoms with Crippen molar-refractivity contribution < 1.29 is 18.4 Å². The highest BCUT2D eigenvalue weighted by Gasteiger charge is 2.36. The van der Waals surface area contributed by atoms with Gasteiger partial charge in [-0.05, 0) is 49.7 Å². The van der Waals surface area contributed by atoms with E-state index < -0.39 is 23.6 Å². The van der Waals surface area contributed by atoms with Crippen molar-refractivity contribution in [1.29, 1.82) is 0 Å². The molecule has 1 saturated heterocycles. The topological polar surface area (TPSA) is 40.6 Å². The number of carbonyl (C=O) groups excluding carboxylic acids is 2. The number of amides is 2. The zero-order chi connectivity index (χ0) is 18.1. The first kappa shape index (κ1) is 17.1. The third-order valence-corrected chi connectivity index (χ3v) is 4.38. The highest BCUT2D eigenvalue weighted by Crippen LogP contribution is 2.25. The number of piperazine rings is 1. The maximum absolute atomic E-state index is 14.1. The zero-order valence-corrected chi connectivity index (χ0v) is 14.0. The molecule has 25 heavy (non-hydrogen) atoms. The van der Waals surface area contributed by atoms with Crippen LogP contribution in [0.3, 0.4) is 0 Å². The summed E-state index contributed by atoms with van der Waals surface area (Å²) < 4.78 is 27.5. The van der Waals surface area contributed by atoms with Gasteiger partial charge >= 0.3 is 0 Å². The van der Waals surface area contributed by atoms with E-state index >= 15 is 0 Å². The summed E-state index contributed by atoms with van der Waals surface area (Å²) in [6.07, 6.45) is 0. The minimum absolute atomic E-state index is 0.185. The van der Waals surface area contributed by atoms with Crippen LogP contribution in [-0.4, -0.2) is 35.8 Å². The second-order valence-corrected chi connectivity index (χ2v) is 6.13. The minimum atomic E-state index is -0.760. The maximum atomic E-state index is 14.1. The van der Waals surface area contributed by atoms with Gasteiger partial charge in [-0.25, -0.2) is 8.78 Å². The molecule has 1 aliphatic rings. The van der Waals surface area contributed by atoms with E-state index in [1.807, 2.05) is 6.92 Å². The lowest BCUT2D eigenvalue weighted by Crippen LogP contribution is -2.58. The van der Waals surface area contributed by atoms with Crippen LogP contribution in [0, 0.1) is 18.6 Å². The maximum Gasteiger partial charge on any atom is 0.254 e. The summed E-state index contributed by atoms with van der Waals surface area (Å²) in [5, 5.41) is 0. The predicted octanol–water partition coefficient (Wildman–Crippen LogP) is 3.15. The molecule has 0 aliphatic carbocycles. The Kier molecular flexibility index (Phi) is 4.53. The van der Waals surface area contributed by atoms with Gasteiger partial charge in [0.1, 0.15) is 17.7 Å². The van der Waals surface area contributed by atoms with Gasteiger partial charge in [-0.2, -0.15) is 0 Å². The third-order valence-electron chi connectivity index (χ3n) is 4.38. The average molecular weight is 344 g/mol. The Morgan fingerprint density at radius 3 is 2.60 bits per heavy atom. The van der Waals surface area contributed by atoms with Gasteiger partial charge in [0.2, 0.25) is 5.91 Å². The number of aryl methyl sites for hydroxylation is 1. The van der Waals surface area contributed by atoms with Crippen LogP contribution in [0.25, 0.3) is 0 Å². The van der Waals surface area contributed by atoms with E-state index in [0.717, 1.165) is 11.6 Å². The summed E-state index contributed by atoms with van der Waals surface area (Å²) in [6, 6.07) is 9.18. The molecule has 1 heterocycles. The van der Waals surface area contributed by atoms with Crippen molar-refractivity contribution in [3.63, 3.8) is 0 Å². The average Bonchev–Trinajstić information content (AvgIpc) is 2.59. The van der Waals surface area contributed by atoms with Crippen LogP contribution >= 0.6 is 0 Å². The Labute approximate surface area is 144 Å². The van der Waals surface area contributed by atoms with Crippen LogP contribution in [0.1, 0.15) is 22.8 Å². The minimum Gasteiger partial charge on any atom is -0.325 e. The fourth-order valence-electron chi connectivity index (χ4n) is 3.00. The van der Waals surface area contributed by atoms with E-state index in [1.165, 1.54) is 34.1 Å². The van der Waals surface area contributed by atoms with Crippen molar-refractivity contribution in [1.82, 2.24) is 4.90 Å². The van der Waals surface area contributed by atoms with E-state index in [-0.39, 0.29) is 30.2 Å². The van der Waals surface area contributed by atoms with Gasteiger partial charge in [-0.1, -0.05) is 12.1 Å². The van der Waals surface area contributed by atoms with Crippen molar-refractivity contribution in [2.45, 2.75) is 19.9 Å². The number of hydrogen-bond acceptors (Lipinski definition) is 2. The SMILES string of the molecule is Cc1ccc(F)c(N2CCN(C(=O)c3cccc(F)c3)C(C)C2=O)c1. The Bertz CT molecular complexity index is 838. The summed E-state index contributed by atoms with van der Waals surface area (Å²) in [5.74, 6) is -1.76. The molecule has 1 atom stereocenters. The first-order valence-corrected chi connectivity index (χ1v) is 8.02. The number of hydrogen-bond donors (Lipinski definition) is 0. The van der Waals surface area contributed by atoms with Crippen molar-refractivity contribution in [3.05, 3.63) is 65.2 Å². The van der Waals surface area contributed by atoms with Crippen molar-refractivity contribution in [3.8, 4) is 0 Å². The summed E-state index contributed by atoms with van der Waals surface area (Å²) in [6.45, 7) is 3.85. The smallest absolute Gasteiger partial charge is 0.254 e. The van der Waals surface area contributed by atoms with Gasteiger partial charge < -0.3 is 9.80 Å². The fourth-order valence-corrected chi connectivity index (χ4v) is 3.00. The lowest BCUT2D eigenvalue weighted by Gasteiger charge is -2.39. The zero-order valence-electron chi connectivity index (χ0n) is 14.0. The normalized spacial score (nSPS) is 17.8. The molecule has 0 aromatic heterocycles. The van der Waals surface area contributed by atoms with Gasteiger partial charge in [0.15, 0.2) is 0 Å². The van der Waals surface area contributed by atoms with Crippen LogP contribution in [0.5, 0.6) is 0 Å². The molecule has 2 aromatic carbocycles. The second kappa shape index (κ2) is 6.63. The molecular formula is C19H18F2N2O2. The fraction of sp³-hybridized carbons (Fsp3) is 0.263. The van der Waals surface area contributed by atoms with Crippen LogP contribution in [-0.2, 0) is 4.79 Å². The largest absolute Gasteiger partial charge is 0.325 e. The molecule has 2 amide bonds. The highest BCUT2D eigenvalue weighted by atomic mass is 19.1. The van der Waals surface area contributed by atoms with Gasteiger partial charge in [0.25, 0.3) is 5.91 Å². The number of benzene rings is 2. The molecule has 0 bridgehead atoms. The molecule has 1 unspecified atom stereocenters. The standard InChI is InChI=1S/C19H18F2N2O2/c1-12-6-7-16(21)17(10-12)23-9-8-22(13(2)18(23)24)19(25)14-4-3-5-15(20)11-14/h3-7,10-11,13H,8-9H2,1-2H3. The van der Waals surface area contributed by atoms with Crippen LogP contribution in [0.2, 0.25) is 0 Å². The molecule has 3 rings (SSSR count). The van der Waals surface area contributed by atoms with E-state index in [4.69, 9.17) is 0 Å². The second-order valence-electron chi connectivity index (χ2n) is 6.13. The Morgan fingerprint density at radius 2 is 1.88 bits per heavy atom. The molecular weight excluding hydrogens is 326 g/mol. The lowest BCUT2D eigenvalue weighted by molar-refractivity contribution is -0.124. The first-order chi connectivity index (χ1) is 11.9. The van der Waals surface area contributed by atoms with Crippen LogP contribution < -0.4 is 4.90 Å². The number of nitrogens with zero attached hydrogens (tertiary/aromatic N) is 2. The van der Waals surface area contributed by atoms with Crippen molar-refractivity contribution in [2.75, 3.05) is 18.0 Å². The van der Waals surface area contributed by atoms with Crippen molar-refractivity contribution in [2.24, 2.45) is 0 Å². The molecule has 1 aliphatic heterocycles. The molecule has 4 nitrogen and oxygen atoms in total. The summed E-state index contributed by atoms with van der Waals surface area (Å²) >= 11 is 0. The number of carbonyl (C=O) groups is 2. The van der Waals surface area contributed by atoms with Crippen LogP contribution in [0.4, 0.5) is 14.5 Å². The molecule has 130 valence electrons. The highest BCUT2D eigenvalue weighted by molar-refractivity contribution is 6.03. The van der Waals surface area contributed by atoms with Crippen molar-refractivity contribution >= 4 is 17.5 Å². The monoisotopic (exact) mass is 344 g/mol. The molecule has 1 fully saturated rings. The Balaban J connectivity index is 1.84. The molecule has 0 radical (unpaired) electrons. The summed E-state index contributed by atoms with van der Waals surface area (Å²) in [5.41, 5.74) is 1.25. The van der Waals surface area contributed by atoms with Gasteiger partial charge in [0, 0.05) is 18.7 Å². The molecule has 2 aromatic rings. The Morgan fingerprint density at radius 1 is 1.12 bits per heavy atom.